The fraction of sp³-hybridized carbons (Fsp3) is 0.333. The fourth-order valence-corrected chi connectivity index (χ4v) is 2.65. The average molecular weight is 354 g/mol. The monoisotopic (exact) mass is 354 g/mol. The Morgan fingerprint density at radius 3 is 2.50 bits per heavy atom. The summed E-state index contributed by atoms with van der Waals surface area (Å²) < 4.78 is 5.39. The van der Waals surface area contributed by atoms with Crippen LogP contribution in [0.2, 0.25) is 0 Å². The van der Waals surface area contributed by atoms with Crippen LogP contribution in [0.1, 0.15) is 22.8 Å². The number of carbonyl (C=O) groups excluding carboxylic acids is 1. The van der Waals surface area contributed by atoms with Crippen LogP contribution in [0.3, 0.4) is 0 Å². The van der Waals surface area contributed by atoms with Gasteiger partial charge in [0.15, 0.2) is 0 Å². The molecular weight excluding hydrogens is 332 g/mol. The average Bonchev–Trinajstić information content (AvgIpc) is 3.19. The second-order valence-electron chi connectivity index (χ2n) is 6.22. The van der Waals surface area contributed by atoms with Gasteiger partial charge in [-0.15, -0.1) is 10.2 Å². The van der Waals surface area contributed by atoms with E-state index in [1.165, 1.54) is 0 Å². The van der Waals surface area contributed by atoms with Crippen molar-refractivity contribution in [2.24, 2.45) is 0 Å². The third-order valence-electron chi connectivity index (χ3n) is 4.23. The minimum Gasteiger partial charge on any atom is -0.421 e. The quantitative estimate of drug-likeness (QED) is 0.733. The lowest BCUT2D eigenvalue weighted by molar-refractivity contribution is 0.223. The van der Waals surface area contributed by atoms with Gasteiger partial charge in [0.25, 0.3) is 0 Å². The molecule has 0 aliphatic carbocycles. The maximum atomic E-state index is 12.4. The Hall–Kier alpha value is -3.16. The van der Waals surface area contributed by atoms with Crippen molar-refractivity contribution < 1.29 is 9.21 Å². The number of hydrogen-bond acceptors (Lipinski definition) is 5. The zero-order chi connectivity index (χ0) is 18.7. The third kappa shape index (κ3) is 3.90. The summed E-state index contributed by atoms with van der Waals surface area (Å²) in [5, 5.41) is 17.8. The van der Waals surface area contributed by atoms with Gasteiger partial charge in [-0.25, -0.2) is 4.79 Å². The highest BCUT2D eigenvalue weighted by Crippen LogP contribution is 2.20. The molecule has 0 bridgehead atoms. The number of aryl methyl sites for hydroxylation is 3. The SMILES string of the molecule is Cc1nnc(-c2ccc(NC(=O)N(C)CCc3c(C)n[nH]c3C)cc2)o1. The standard InChI is InChI=1S/C18H22N6O2/c1-11-16(12(2)21-20-11)9-10-24(4)18(25)19-15-7-5-14(6-8-15)17-23-22-13(3)26-17/h5-8H,9-10H2,1-4H3,(H,19,25)(H,20,21). The topological polar surface area (TPSA) is 99.9 Å². The minimum absolute atomic E-state index is 0.162. The number of rotatable bonds is 5. The van der Waals surface area contributed by atoms with Crippen molar-refractivity contribution in [2.75, 3.05) is 18.9 Å². The number of aromatic amines is 1. The normalized spacial score (nSPS) is 10.8. The molecule has 0 fully saturated rings. The van der Waals surface area contributed by atoms with E-state index in [1.54, 1.807) is 18.9 Å². The smallest absolute Gasteiger partial charge is 0.321 e. The molecule has 2 heterocycles. The molecule has 2 aromatic heterocycles. The predicted octanol–water partition coefficient (Wildman–Crippen LogP) is 3.09. The summed E-state index contributed by atoms with van der Waals surface area (Å²) in [6.07, 6.45) is 0.757. The highest BCUT2D eigenvalue weighted by molar-refractivity contribution is 5.89. The lowest BCUT2D eigenvalue weighted by Crippen LogP contribution is -2.33. The highest BCUT2D eigenvalue weighted by atomic mass is 16.4. The van der Waals surface area contributed by atoms with Gasteiger partial charge in [-0.2, -0.15) is 5.10 Å². The molecule has 0 aliphatic heterocycles. The lowest BCUT2D eigenvalue weighted by atomic mass is 10.1. The number of amides is 2. The molecule has 0 saturated carbocycles. The van der Waals surface area contributed by atoms with Gasteiger partial charge in [-0.3, -0.25) is 5.10 Å². The van der Waals surface area contributed by atoms with Crippen LogP contribution in [0.4, 0.5) is 10.5 Å². The van der Waals surface area contributed by atoms with E-state index in [1.807, 2.05) is 38.1 Å². The Morgan fingerprint density at radius 1 is 1.19 bits per heavy atom. The molecule has 8 heteroatoms. The molecule has 0 aliphatic rings. The molecular formula is C18H22N6O2. The summed E-state index contributed by atoms with van der Waals surface area (Å²) in [5.74, 6) is 0.977. The van der Waals surface area contributed by atoms with Crippen LogP contribution in [0.25, 0.3) is 11.5 Å². The van der Waals surface area contributed by atoms with E-state index >= 15 is 0 Å². The largest absolute Gasteiger partial charge is 0.421 e. The number of H-pyrrole nitrogens is 1. The van der Waals surface area contributed by atoms with Crippen LogP contribution < -0.4 is 5.32 Å². The van der Waals surface area contributed by atoms with Crippen LogP contribution in [-0.2, 0) is 6.42 Å². The molecule has 1 aromatic carbocycles. The first-order valence-electron chi connectivity index (χ1n) is 8.37. The molecule has 2 amide bonds. The van der Waals surface area contributed by atoms with Gasteiger partial charge < -0.3 is 14.6 Å². The molecule has 3 rings (SSSR count). The molecule has 0 radical (unpaired) electrons. The first kappa shape index (κ1) is 17.7. The van der Waals surface area contributed by atoms with E-state index in [0.717, 1.165) is 28.9 Å². The molecule has 0 spiro atoms. The van der Waals surface area contributed by atoms with E-state index in [0.29, 0.717) is 24.0 Å². The van der Waals surface area contributed by atoms with Crippen molar-refractivity contribution in [3.05, 3.63) is 47.1 Å². The first-order chi connectivity index (χ1) is 12.4. The van der Waals surface area contributed by atoms with E-state index < -0.39 is 0 Å². The molecule has 0 unspecified atom stereocenters. The number of hydrogen-bond donors (Lipinski definition) is 2. The van der Waals surface area contributed by atoms with E-state index in [9.17, 15) is 4.79 Å². The van der Waals surface area contributed by atoms with Crippen molar-refractivity contribution in [3.63, 3.8) is 0 Å². The highest BCUT2D eigenvalue weighted by Gasteiger charge is 2.12. The number of anilines is 1. The molecule has 2 N–H and O–H groups in total. The van der Waals surface area contributed by atoms with Crippen LogP contribution in [0, 0.1) is 20.8 Å². The van der Waals surface area contributed by atoms with Gasteiger partial charge in [0.2, 0.25) is 11.8 Å². The van der Waals surface area contributed by atoms with Gasteiger partial charge >= 0.3 is 6.03 Å². The predicted molar refractivity (Wildman–Crippen MR) is 97.9 cm³/mol. The maximum Gasteiger partial charge on any atom is 0.321 e. The summed E-state index contributed by atoms with van der Waals surface area (Å²) in [6, 6.07) is 7.13. The van der Waals surface area contributed by atoms with Crippen LogP contribution in [-0.4, -0.2) is 44.9 Å². The number of likely N-dealkylation sites (N-methyl/N-ethyl adjacent to an activating group) is 1. The molecule has 136 valence electrons. The summed E-state index contributed by atoms with van der Waals surface area (Å²) in [6.45, 7) is 6.30. The maximum absolute atomic E-state index is 12.4. The Morgan fingerprint density at radius 2 is 1.92 bits per heavy atom. The Labute approximate surface area is 151 Å². The van der Waals surface area contributed by atoms with Crippen LogP contribution in [0.5, 0.6) is 0 Å². The van der Waals surface area contributed by atoms with Crippen LogP contribution >= 0.6 is 0 Å². The number of nitrogens with one attached hydrogen (secondary N) is 2. The fourth-order valence-electron chi connectivity index (χ4n) is 2.65. The number of aromatic nitrogens is 4. The van der Waals surface area contributed by atoms with Gasteiger partial charge in [-0.1, -0.05) is 0 Å². The number of benzene rings is 1. The molecule has 0 atom stereocenters. The van der Waals surface area contributed by atoms with E-state index in [2.05, 4.69) is 25.7 Å². The van der Waals surface area contributed by atoms with Crippen molar-refractivity contribution in [2.45, 2.75) is 27.2 Å². The van der Waals surface area contributed by atoms with E-state index in [4.69, 9.17) is 4.42 Å². The summed E-state index contributed by atoms with van der Waals surface area (Å²) >= 11 is 0. The number of urea groups is 1. The zero-order valence-corrected chi connectivity index (χ0v) is 15.3. The lowest BCUT2D eigenvalue weighted by Gasteiger charge is -2.18. The molecule has 0 saturated heterocycles. The first-order valence-corrected chi connectivity index (χ1v) is 8.37. The Bertz CT molecular complexity index is 877. The van der Waals surface area contributed by atoms with Crippen molar-refractivity contribution >= 4 is 11.7 Å². The Kier molecular flexibility index (Phi) is 5.01. The Balaban J connectivity index is 1.57. The molecule has 3 aromatic rings. The van der Waals surface area contributed by atoms with Crippen LogP contribution in [0.15, 0.2) is 28.7 Å². The van der Waals surface area contributed by atoms with Crippen molar-refractivity contribution in [3.8, 4) is 11.5 Å². The summed E-state index contributed by atoms with van der Waals surface area (Å²) in [5.41, 5.74) is 4.69. The van der Waals surface area contributed by atoms with Crippen molar-refractivity contribution in [1.29, 1.82) is 0 Å². The number of nitrogens with zero attached hydrogens (tertiary/aromatic N) is 4. The summed E-state index contributed by atoms with van der Waals surface area (Å²) in [4.78, 5) is 14.0. The third-order valence-corrected chi connectivity index (χ3v) is 4.23. The second kappa shape index (κ2) is 7.38. The van der Waals surface area contributed by atoms with E-state index in [-0.39, 0.29) is 6.03 Å². The summed E-state index contributed by atoms with van der Waals surface area (Å²) in [7, 11) is 1.77. The molecule has 26 heavy (non-hydrogen) atoms. The number of carbonyl (C=O) groups is 1. The zero-order valence-electron chi connectivity index (χ0n) is 15.3. The van der Waals surface area contributed by atoms with Gasteiger partial charge in [-0.05, 0) is 50.1 Å². The molecule has 8 nitrogen and oxygen atoms in total. The minimum atomic E-state index is -0.162. The van der Waals surface area contributed by atoms with Gasteiger partial charge in [0.05, 0.1) is 5.69 Å². The van der Waals surface area contributed by atoms with Crippen molar-refractivity contribution in [1.82, 2.24) is 25.3 Å². The van der Waals surface area contributed by atoms with Gasteiger partial charge in [0.1, 0.15) is 0 Å². The van der Waals surface area contributed by atoms with Gasteiger partial charge in [0, 0.05) is 37.5 Å². The second-order valence-corrected chi connectivity index (χ2v) is 6.22.